The largest absolute Gasteiger partial charge is 0.494 e. The third-order valence-electron chi connectivity index (χ3n) is 5.32. The number of hydrogen-bond acceptors (Lipinski definition) is 5. The van der Waals surface area contributed by atoms with Crippen molar-refractivity contribution in [3.05, 3.63) is 72.0 Å². The minimum atomic E-state index is 0.198. The molecule has 5 aromatic rings. The first-order chi connectivity index (χ1) is 14.1. The molecule has 1 N–H and O–H groups in total. The second-order valence-electron chi connectivity index (χ2n) is 7.21. The van der Waals surface area contributed by atoms with E-state index >= 15 is 0 Å². The first-order valence-corrected chi connectivity index (χ1v) is 9.56. The topological polar surface area (TPSA) is 77.0 Å². The van der Waals surface area contributed by atoms with Gasteiger partial charge in [-0.2, -0.15) is 0 Å². The van der Waals surface area contributed by atoms with Gasteiger partial charge in [-0.05, 0) is 32.0 Å². The Labute approximate surface area is 167 Å². The lowest BCUT2D eigenvalue weighted by atomic mass is 10.0. The van der Waals surface area contributed by atoms with E-state index in [0.717, 1.165) is 44.7 Å². The van der Waals surface area contributed by atoms with Crippen molar-refractivity contribution in [2.75, 3.05) is 0 Å². The number of nitrogens with zero attached hydrogens (tertiary/aromatic N) is 4. The molecule has 144 valence electrons. The highest BCUT2D eigenvalue weighted by Crippen LogP contribution is 2.38. The molecule has 0 unspecified atom stereocenters. The summed E-state index contributed by atoms with van der Waals surface area (Å²) in [6.07, 6.45) is 4.34. The van der Waals surface area contributed by atoms with Crippen LogP contribution in [0.3, 0.4) is 0 Å². The van der Waals surface area contributed by atoms with E-state index in [1.807, 2.05) is 54.9 Å². The van der Waals surface area contributed by atoms with Crippen molar-refractivity contribution in [3.63, 3.8) is 0 Å². The molecule has 0 aliphatic rings. The lowest BCUT2D eigenvalue weighted by Crippen LogP contribution is -2.01. The molecule has 29 heavy (non-hydrogen) atoms. The molecule has 0 atom stereocenters. The van der Waals surface area contributed by atoms with Gasteiger partial charge in [-0.1, -0.05) is 29.4 Å². The van der Waals surface area contributed by atoms with Crippen molar-refractivity contribution in [2.45, 2.75) is 26.8 Å². The van der Waals surface area contributed by atoms with Crippen LogP contribution in [0, 0.1) is 13.8 Å². The second-order valence-corrected chi connectivity index (χ2v) is 7.21. The third-order valence-corrected chi connectivity index (χ3v) is 5.32. The summed E-state index contributed by atoms with van der Waals surface area (Å²) in [5.41, 5.74) is 5.29. The predicted octanol–water partition coefficient (Wildman–Crippen LogP) is 4.80. The van der Waals surface area contributed by atoms with Gasteiger partial charge >= 0.3 is 0 Å². The molecule has 6 heteroatoms. The van der Waals surface area contributed by atoms with Gasteiger partial charge < -0.3 is 14.2 Å². The third kappa shape index (κ3) is 2.93. The zero-order valence-electron chi connectivity index (χ0n) is 16.3. The maximum atomic E-state index is 11.0. The maximum Gasteiger partial charge on any atom is 0.201 e. The smallest absolute Gasteiger partial charge is 0.201 e. The van der Waals surface area contributed by atoms with Crippen molar-refractivity contribution < 1.29 is 9.63 Å². The Morgan fingerprint density at radius 2 is 1.90 bits per heavy atom. The zero-order chi connectivity index (χ0) is 20.0. The van der Waals surface area contributed by atoms with Crippen molar-refractivity contribution in [1.29, 1.82) is 0 Å². The van der Waals surface area contributed by atoms with Gasteiger partial charge in [0.25, 0.3) is 0 Å². The van der Waals surface area contributed by atoms with Crippen molar-refractivity contribution in [3.8, 4) is 17.0 Å². The standard InChI is InChI=1S/C23H20N4O2/c1-14-21(15(2)29-26-14)18-9-11-24-20-13-27(23(28)22(18)20)12-10-17-8-7-16-5-3-4-6-19(16)25-17/h3-9,11,13,28H,10,12H2,1-2H3. The van der Waals surface area contributed by atoms with Gasteiger partial charge in [-0.25, -0.2) is 0 Å². The molecule has 0 spiro atoms. The van der Waals surface area contributed by atoms with Crippen LogP contribution in [0.4, 0.5) is 0 Å². The number of fused-ring (bicyclic) bond motifs is 2. The molecule has 0 bridgehead atoms. The van der Waals surface area contributed by atoms with Crippen LogP contribution in [-0.4, -0.2) is 24.8 Å². The molecule has 0 radical (unpaired) electrons. The minimum absolute atomic E-state index is 0.198. The van der Waals surface area contributed by atoms with Crippen LogP contribution in [-0.2, 0) is 13.0 Å². The SMILES string of the molecule is Cc1noc(C)c1-c1ccnc2cn(CCc3ccc4ccccc4n3)c(O)c12. The predicted molar refractivity (Wildman–Crippen MR) is 112 cm³/mol. The number of aryl methyl sites for hydroxylation is 4. The summed E-state index contributed by atoms with van der Waals surface area (Å²) in [6.45, 7) is 4.38. The van der Waals surface area contributed by atoms with Crippen molar-refractivity contribution in [2.24, 2.45) is 0 Å². The number of rotatable bonds is 4. The number of aromatic nitrogens is 4. The van der Waals surface area contributed by atoms with E-state index in [1.165, 1.54) is 0 Å². The van der Waals surface area contributed by atoms with E-state index in [-0.39, 0.29) is 5.88 Å². The van der Waals surface area contributed by atoms with Crippen LogP contribution in [0.25, 0.3) is 32.9 Å². The second kappa shape index (κ2) is 6.74. The molecule has 4 heterocycles. The van der Waals surface area contributed by atoms with E-state index in [2.05, 4.69) is 22.3 Å². The lowest BCUT2D eigenvalue weighted by molar-refractivity contribution is 0.393. The summed E-state index contributed by atoms with van der Waals surface area (Å²) in [7, 11) is 0. The van der Waals surface area contributed by atoms with Gasteiger partial charge in [0, 0.05) is 47.6 Å². The fourth-order valence-corrected chi connectivity index (χ4v) is 3.89. The van der Waals surface area contributed by atoms with Crippen LogP contribution in [0.15, 0.2) is 59.4 Å². The van der Waals surface area contributed by atoms with Gasteiger partial charge in [0.15, 0.2) is 0 Å². The van der Waals surface area contributed by atoms with Gasteiger partial charge in [0.05, 0.1) is 22.1 Å². The van der Waals surface area contributed by atoms with Crippen molar-refractivity contribution in [1.82, 2.24) is 19.7 Å². The minimum Gasteiger partial charge on any atom is -0.494 e. The average Bonchev–Trinajstić information content (AvgIpc) is 3.25. The quantitative estimate of drug-likeness (QED) is 0.481. The molecule has 0 aliphatic heterocycles. The van der Waals surface area contributed by atoms with E-state index < -0.39 is 0 Å². The molecular weight excluding hydrogens is 364 g/mol. The van der Waals surface area contributed by atoms with Crippen LogP contribution < -0.4 is 0 Å². The number of pyridine rings is 2. The summed E-state index contributed by atoms with van der Waals surface area (Å²) in [6, 6.07) is 14.1. The Bertz CT molecular complexity index is 1330. The van der Waals surface area contributed by atoms with Gasteiger partial charge in [0.2, 0.25) is 5.88 Å². The van der Waals surface area contributed by atoms with E-state index in [9.17, 15) is 5.11 Å². The fourth-order valence-electron chi connectivity index (χ4n) is 3.89. The number of para-hydroxylation sites is 1. The van der Waals surface area contributed by atoms with Crippen LogP contribution in [0.1, 0.15) is 17.1 Å². The highest BCUT2D eigenvalue weighted by atomic mass is 16.5. The molecule has 0 saturated heterocycles. The lowest BCUT2D eigenvalue weighted by Gasteiger charge is -2.07. The molecule has 6 nitrogen and oxygen atoms in total. The van der Waals surface area contributed by atoms with Gasteiger partial charge in [0.1, 0.15) is 5.76 Å². The zero-order valence-corrected chi connectivity index (χ0v) is 16.3. The Morgan fingerprint density at radius 3 is 2.72 bits per heavy atom. The Hall–Kier alpha value is -3.67. The molecule has 0 aliphatic carbocycles. The highest BCUT2D eigenvalue weighted by Gasteiger charge is 2.19. The summed E-state index contributed by atoms with van der Waals surface area (Å²) in [4.78, 5) is 9.17. The molecular formula is C23H20N4O2. The monoisotopic (exact) mass is 384 g/mol. The van der Waals surface area contributed by atoms with Crippen molar-refractivity contribution >= 4 is 21.8 Å². The van der Waals surface area contributed by atoms with Crippen LogP contribution >= 0.6 is 0 Å². The number of aromatic hydroxyl groups is 1. The summed E-state index contributed by atoms with van der Waals surface area (Å²) in [5.74, 6) is 0.923. The Kier molecular flexibility index (Phi) is 4.05. The molecule has 5 rings (SSSR count). The Balaban J connectivity index is 1.51. The highest BCUT2D eigenvalue weighted by molar-refractivity contribution is 5.99. The number of benzene rings is 1. The molecule has 0 amide bonds. The van der Waals surface area contributed by atoms with Crippen LogP contribution in [0.5, 0.6) is 5.88 Å². The van der Waals surface area contributed by atoms with Gasteiger partial charge in [-0.3, -0.25) is 9.97 Å². The van der Waals surface area contributed by atoms with E-state index in [0.29, 0.717) is 18.4 Å². The first-order valence-electron chi connectivity index (χ1n) is 9.56. The summed E-state index contributed by atoms with van der Waals surface area (Å²) >= 11 is 0. The molecule has 1 aromatic carbocycles. The Morgan fingerprint density at radius 1 is 1.03 bits per heavy atom. The molecule has 4 aromatic heterocycles. The maximum absolute atomic E-state index is 11.0. The molecule has 0 saturated carbocycles. The normalized spacial score (nSPS) is 11.5. The molecule has 0 fully saturated rings. The first kappa shape index (κ1) is 17.4. The fraction of sp³-hybridized carbons (Fsp3) is 0.174. The van der Waals surface area contributed by atoms with E-state index in [4.69, 9.17) is 9.51 Å². The summed E-state index contributed by atoms with van der Waals surface area (Å²) < 4.78 is 7.15. The number of hydrogen-bond donors (Lipinski definition) is 1. The van der Waals surface area contributed by atoms with Gasteiger partial charge in [-0.15, -0.1) is 0 Å². The average molecular weight is 384 g/mol. The summed E-state index contributed by atoms with van der Waals surface area (Å²) in [5, 5.41) is 16.8. The van der Waals surface area contributed by atoms with Crippen LogP contribution in [0.2, 0.25) is 0 Å². The van der Waals surface area contributed by atoms with E-state index in [1.54, 1.807) is 6.20 Å².